The molecule has 0 N–H and O–H groups in total. The second-order valence-corrected chi connectivity index (χ2v) is 3.68. The number of hydrogen-bond donors (Lipinski definition) is 0. The zero-order chi connectivity index (χ0) is 10.7. The molecule has 1 saturated carbocycles. The van der Waals surface area contributed by atoms with Gasteiger partial charge in [-0.25, -0.2) is 4.98 Å². The lowest BCUT2D eigenvalue weighted by atomic mass is 10.3. The summed E-state index contributed by atoms with van der Waals surface area (Å²) in [6, 6.07) is 6.46. The molecule has 1 aliphatic rings. The summed E-state index contributed by atoms with van der Waals surface area (Å²) < 4.78 is 0. The molecule has 0 bridgehead atoms. The molecule has 1 aliphatic carbocycles. The van der Waals surface area contributed by atoms with Crippen molar-refractivity contribution < 1.29 is 0 Å². The van der Waals surface area contributed by atoms with Crippen molar-refractivity contribution in [2.75, 3.05) is 11.4 Å². The molecule has 0 atom stereocenters. The van der Waals surface area contributed by atoms with Gasteiger partial charge < -0.3 is 4.90 Å². The number of pyridine rings is 1. The molecule has 0 amide bonds. The first-order chi connectivity index (χ1) is 7.35. The Balaban J connectivity index is 2.24. The number of aromatic nitrogens is 1. The average molecular weight is 199 g/mol. The van der Waals surface area contributed by atoms with Crippen LogP contribution in [0.1, 0.15) is 18.5 Å². The Labute approximate surface area is 89.7 Å². The largest absolute Gasteiger partial charge is 0.365 e. The van der Waals surface area contributed by atoms with E-state index < -0.39 is 0 Å². The van der Waals surface area contributed by atoms with E-state index >= 15 is 0 Å². The fraction of sp³-hybridized carbons (Fsp3) is 0.333. The lowest BCUT2D eigenvalue weighted by Gasteiger charge is -2.22. The van der Waals surface area contributed by atoms with Crippen molar-refractivity contribution in [1.29, 1.82) is 5.26 Å². The number of hydrogen-bond acceptors (Lipinski definition) is 3. The molecule has 1 aromatic heterocycles. The van der Waals surface area contributed by atoms with Gasteiger partial charge in [-0.15, -0.1) is 6.58 Å². The van der Waals surface area contributed by atoms with Gasteiger partial charge in [0, 0.05) is 24.5 Å². The molecular formula is C12H13N3. The Kier molecular flexibility index (Phi) is 2.68. The standard InChI is InChI=1S/C12H13N3/c1-2-7-15(11-3-4-11)12-5-6-14-10(8-12)9-13/h2,5-6,8,11H,1,3-4,7H2. The van der Waals surface area contributed by atoms with Crippen molar-refractivity contribution >= 4 is 5.69 Å². The normalized spacial score (nSPS) is 14.3. The van der Waals surface area contributed by atoms with E-state index in [1.165, 1.54) is 12.8 Å². The van der Waals surface area contributed by atoms with Gasteiger partial charge in [-0.3, -0.25) is 0 Å². The molecule has 0 aromatic carbocycles. The predicted octanol–water partition coefficient (Wildman–Crippen LogP) is 2.11. The van der Waals surface area contributed by atoms with Crippen LogP contribution >= 0.6 is 0 Å². The van der Waals surface area contributed by atoms with E-state index in [-0.39, 0.29) is 0 Å². The third kappa shape index (κ3) is 2.16. The quantitative estimate of drug-likeness (QED) is 0.697. The minimum atomic E-state index is 0.474. The first kappa shape index (κ1) is 9.72. The maximum atomic E-state index is 8.78. The predicted molar refractivity (Wildman–Crippen MR) is 59.5 cm³/mol. The highest BCUT2D eigenvalue weighted by molar-refractivity contribution is 5.51. The monoisotopic (exact) mass is 199 g/mol. The summed E-state index contributed by atoms with van der Waals surface area (Å²) in [5.74, 6) is 0. The summed E-state index contributed by atoms with van der Waals surface area (Å²) >= 11 is 0. The van der Waals surface area contributed by atoms with Gasteiger partial charge >= 0.3 is 0 Å². The molecule has 1 fully saturated rings. The molecule has 2 rings (SSSR count). The van der Waals surface area contributed by atoms with E-state index in [4.69, 9.17) is 5.26 Å². The van der Waals surface area contributed by atoms with Crippen LogP contribution in [0.3, 0.4) is 0 Å². The molecule has 76 valence electrons. The molecule has 0 aliphatic heterocycles. The summed E-state index contributed by atoms with van der Waals surface area (Å²) in [5.41, 5.74) is 1.55. The van der Waals surface area contributed by atoms with Gasteiger partial charge in [0.05, 0.1) is 0 Å². The summed E-state index contributed by atoms with van der Waals surface area (Å²) in [6.07, 6.45) is 6.05. The Morgan fingerprint density at radius 2 is 2.47 bits per heavy atom. The summed E-state index contributed by atoms with van der Waals surface area (Å²) in [6.45, 7) is 4.59. The van der Waals surface area contributed by atoms with Gasteiger partial charge in [-0.05, 0) is 25.0 Å². The summed E-state index contributed by atoms with van der Waals surface area (Å²) in [4.78, 5) is 6.24. The topological polar surface area (TPSA) is 39.9 Å². The zero-order valence-corrected chi connectivity index (χ0v) is 8.56. The van der Waals surface area contributed by atoms with Crippen molar-refractivity contribution in [3.05, 3.63) is 36.7 Å². The second kappa shape index (κ2) is 4.14. The maximum Gasteiger partial charge on any atom is 0.142 e. The molecule has 1 heterocycles. The van der Waals surface area contributed by atoms with Gasteiger partial charge in [-0.2, -0.15) is 5.26 Å². The van der Waals surface area contributed by atoms with Crippen molar-refractivity contribution in [2.24, 2.45) is 0 Å². The Hall–Kier alpha value is -1.82. The second-order valence-electron chi connectivity index (χ2n) is 3.68. The first-order valence-electron chi connectivity index (χ1n) is 5.09. The van der Waals surface area contributed by atoms with E-state index in [9.17, 15) is 0 Å². The number of rotatable bonds is 4. The van der Waals surface area contributed by atoms with Crippen molar-refractivity contribution in [2.45, 2.75) is 18.9 Å². The molecule has 0 radical (unpaired) electrons. The van der Waals surface area contributed by atoms with E-state index in [0.29, 0.717) is 11.7 Å². The SMILES string of the molecule is C=CCN(c1ccnc(C#N)c1)C1CC1. The number of anilines is 1. The molecular weight excluding hydrogens is 186 g/mol. The van der Waals surface area contributed by atoms with Crippen molar-refractivity contribution in [1.82, 2.24) is 4.98 Å². The third-order valence-electron chi connectivity index (χ3n) is 2.50. The summed E-state index contributed by atoms with van der Waals surface area (Å²) in [5, 5.41) is 8.78. The molecule has 15 heavy (non-hydrogen) atoms. The van der Waals surface area contributed by atoms with Gasteiger partial charge in [0.25, 0.3) is 0 Å². The van der Waals surface area contributed by atoms with E-state index in [2.05, 4.69) is 22.5 Å². The molecule has 3 heteroatoms. The van der Waals surface area contributed by atoms with E-state index in [0.717, 1.165) is 12.2 Å². The summed E-state index contributed by atoms with van der Waals surface area (Å²) in [7, 11) is 0. The van der Waals surface area contributed by atoms with E-state index in [1.807, 2.05) is 18.2 Å². The minimum Gasteiger partial charge on any atom is -0.365 e. The van der Waals surface area contributed by atoms with Gasteiger partial charge in [0.1, 0.15) is 11.8 Å². The average Bonchev–Trinajstić information content (AvgIpc) is 3.10. The van der Waals surface area contributed by atoms with Crippen LogP contribution in [0.25, 0.3) is 0 Å². The van der Waals surface area contributed by atoms with Crippen LogP contribution in [-0.2, 0) is 0 Å². The lowest BCUT2D eigenvalue weighted by Crippen LogP contribution is -2.25. The van der Waals surface area contributed by atoms with Crippen LogP contribution in [0, 0.1) is 11.3 Å². The molecule has 0 spiro atoms. The van der Waals surface area contributed by atoms with Crippen LogP contribution in [0.15, 0.2) is 31.0 Å². The fourth-order valence-corrected chi connectivity index (χ4v) is 1.65. The van der Waals surface area contributed by atoms with E-state index in [1.54, 1.807) is 6.20 Å². The highest BCUT2D eigenvalue weighted by Crippen LogP contribution is 2.31. The van der Waals surface area contributed by atoms with Crippen molar-refractivity contribution in [3.8, 4) is 6.07 Å². The molecule has 1 aromatic rings. The zero-order valence-electron chi connectivity index (χ0n) is 8.56. The van der Waals surface area contributed by atoms with Crippen LogP contribution < -0.4 is 4.90 Å². The fourth-order valence-electron chi connectivity index (χ4n) is 1.65. The van der Waals surface area contributed by atoms with Gasteiger partial charge in [0.15, 0.2) is 0 Å². The smallest absolute Gasteiger partial charge is 0.142 e. The Morgan fingerprint density at radius 1 is 1.67 bits per heavy atom. The third-order valence-corrected chi connectivity index (χ3v) is 2.50. The number of nitriles is 1. The van der Waals surface area contributed by atoms with Crippen LogP contribution in [-0.4, -0.2) is 17.6 Å². The highest BCUT2D eigenvalue weighted by atomic mass is 15.2. The molecule has 0 unspecified atom stereocenters. The van der Waals surface area contributed by atoms with Gasteiger partial charge in [0.2, 0.25) is 0 Å². The Morgan fingerprint density at radius 3 is 3.07 bits per heavy atom. The first-order valence-corrected chi connectivity index (χ1v) is 5.09. The minimum absolute atomic E-state index is 0.474. The van der Waals surface area contributed by atoms with Crippen LogP contribution in [0.5, 0.6) is 0 Å². The van der Waals surface area contributed by atoms with Gasteiger partial charge in [-0.1, -0.05) is 6.08 Å². The van der Waals surface area contributed by atoms with Crippen LogP contribution in [0.2, 0.25) is 0 Å². The Bertz CT molecular complexity index is 402. The lowest BCUT2D eigenvalue weighted by molar-refractivity contribution is 0.860. The maximum absolute atomic E-state index is 8.78. The number of nitrogens with zero attached hydrogens (tertiary/aromatic N) is 3. The molecule has 0 saturated heterocycles. The molecule has 3 nitrogen and oxygen atoms in total. The van der Waals surface area contributed by atoms with Crippen molar-refractivity contribution in [3.63, 3.8) is 0 Å². The van der Waals surface area contributed by atoms with Crippen LogP contribution in [0.4, 0.5) is 5.69 Å². The highest BCUT2D eigenvalue weighted by Gasteiger charge is 2.28.